The highest BCUT2D eigenvalue weighted by Crippen LogP contribution is 2.23. The number of carbonyl (C=O) groups excluding carboxylic acids is 1. The SMILES string of the molecule is CNCC1C(=O)NC(C)CN1c1cccc(Cl)c1. The minimum absolute atomic E-state index is 0.0584. The van der Waals surface area contributed by atoms with Gasteiger partial charge in [0.05, 0.1) is 0 Å². The van der Waals surface area contributed by atoms with Crippen molar-refractivity contribution in [3.05, 3.63) is 29.3 Å². The molecule has 2 atom stereocenters. The van der Waals surface area contributed by atoms with Crippen LogP contribution in [-0.4, -0.2) is 38.1 Å². The van der Waals surface area contributed by atoms with Crippen LogP contribution in [0.3, 0.4) is 0 Å². The van der Waals surface area contributed by atoms with Crippen molar-refractivity contribution >= 4 is 23.2 Å². The molecule has 2 N–H and O–H groups in total. The van der Waals surface area contributed by atoms with Crippen molar-refractivity contribution in [2.24, 2.45) is 0 Å². The fourth-order valence-corrected chi connectivity index (χ4v) is 2.47. The Morgan fingerprint density at radius 2 is 2.33 bits per heavy atom. The molecule has 5 heteroatoms. The number of likely N-dealkylation sites (N-methyl/N-ethyl adjacent to an activating group) is 1. The summed E-state index contributed by atoms with van der Waals surface area (Å²) >= 11 is 6.02. The molecule has 1 heterocycles. The Kier molecular flexibility index (Phi) is 4.09. The molecule has 2 unspecified atom stereocenters. The van der Waals surface area contributed by atoms with Crippen molar-refractivity contribution in [1.82, 2.24) is 10.6 Å². The predicted octanol–water partition coefficient (Wildman–Crippen LogP) is 1.25. The number of anilines is 1. The third-order valence-electron chi connectivity index (χ3n) is 3.08. The van der Waals surface area contributed by atoms with Crippen molar-refractivity contribution in [2.45, 2.75) is 19.0 Å². The van der Waals surface area contributed by atoms with Gasteiger partial charge in [0.15, 0.2) is 0 Å². The molecule has 0 aromatic heterocycles. The Hall–Kier alpha value is -1.26. The lowest BCUT2D eigenvalue weighted by Crippen LogP contribution is -2.62. The number of amides is 1. The maximum absolute atomic E-state index is 12.0. The minimum atomic E-state index is -0.190. The topological polar surface area (TPSA) is 44.4 Å². The Balaban J connectivity index is 2.28. The molecular weight excluding hydrogens is 250 g/mol. The van der Waals surface area contributed by atoms with E-state index in [0.29, 0.717) is 11.6 Å². The molecule has 18 heavy (non-hydrogen) atoms. The van der Waals surface area contributed by atoms with Crippen molar-refractivity contribution in [1.29, 1.82) is 0 Å². The van der Waals surface area contributed by atoms with Gasteiger partial charge >= 0.3 is 0 Å². The van der Waals surface area contributed by atoms with Crippen LogP contribution in [0.25, 0.3) is 0 Å². The highest BCUT2D eigenvalue weighted by molar-refractivity contribution is 6.30. The summed E-state index contributed by atoms with van der Waals surface area (Å²) in [6.07, 6.45) is 0. The second kappa shape index (κ2) is 5.59. The van der Waals surface area contributed by atoms with Crippen LogP contribution in [0.4, 0.5) is 5.69 Å². The van der Waals surface area contributed by atoms with Crippen LogP contribution in [-0.2, 0) is 4.79 Å². The van der Waals surface area contributed by atoms with Gasteiger partial charge < -0.3 is 15.5 Å². The van der Waals surface area contributed by atoms with E-state index in [1.165, 1.54) is 0 Å². The molecule has 0 radical (unpaired) electrons. The van der Waals surface area contributed by atoms with Gasteiger partial charge in [0.25, 0.3) is 0 Å². The summed E-state index contributed by atoms with van der Waals surface area (Å²) in [7, 11) is 1.85. The average Bonchev–Trinajstić information content (AvgIpc) is 2.32. The second-order valence-corrected chi connectivity index (χ2v) is 5.05. The van der Waals surface area contributed by atoms with Crippen molar-refractivity contribution in [3.63, 3.8) is 0 Å². The van der Waals surface area contributed by atoms with E-state index in [2.05, 4.69) is 15.5 Å². The molecule has 2 rings (SSSR count). The number of nitrogens with zero attached hydrogens (tertiary/aromatic N) is 1. The van der Waals surface area contributed by atoms with E-state index in [9.17, 15) is 4.79 Å². The molecule has 1 aliphatic heterocycles. The molecule has 1 saturated heterocycles. The van der Waals surface area contributed by atoms with E-state index < -0.39 is 0 Å². The number of carbonyl (C=O) groups is 1. The summed E-state index contributed by atoms with van der Waals surface area (Å²) in [4.78, 5) is 14.1. The third-order valence-corrected chi connectivity index (χ3v) is 3.31. The van der Waals surface area contributed by atoms with E-state index >= 15 is 0 Å². The van der Waals surface area contributed by atoms with Crippen LogP contribution >= 0.6 is 11.6 Å². The van der Waals surface area contributed by atoms with Gasteiger partial charge in [-0.25, -0.2) is 0 Å². The van der Waals surface area contributed by atoms with E-state index in [4.69, 9.17) is 11.6 Å². The van der Waals surface area contributed by atoms with Gasteiger partial charge in [-0.05, 0) is 32.2 Å². The highest BCUT2D eigenvalue weighted by atomic mass is 35.5. The van der Waals surface area contributed by atoms with Gasteiger partial charge in [-0.2, -0.15) is 0 Å². The number of hydrogen-bond acceptors (Lipinski definition) is 3. The van der Waals surface area contributed by atoms with Gasteiger partial charge in [0, 0.05) is 29.8 Å². The highest BCUT2D eigenvalue weighted by Gasteiger charge is 2.32. The molecular formula is C13H18ClN3O. The van der Waals surface area contributed by atoms with Crippen LogP contribution in [0.5, 0.6) is 0 Å². The molecule has 0 spiro atoms. The van der Waals surface area contributed by atoms with Crippen LogP contribution < -0.4 is 15.5 Å². The second-order valence-electron chi connectivity index (χ2n) is 4.62. The quantitative estimate of drug-likeness (QED) is 0.867. The zero-order valence-corrected chi connectivity index (χ0v) is 11.4. The van der Waals surface area contributed by atoms with Crippen molar-refractivity contribution in [3.8, 4) is 0 Å². The van der Waals surface area contributed by atoms with Gasteiger partial charge in [0.1, 0.15) is 6.04 Å². The summed E-state index contributed by atoms with van der Waals surface area (Å²) < 4.78 is 0. The molecule has 1 fully saturated rings. The first-order valence-electron chi connectivity index (χ1n) is 6.09. The molecule has 0 saturated carbocycles. The lowest BCUT2D eigenvalue weighted by molar-refractivity contribution is -0.124. The molecule has 1 aromatic rings. The number of benzene rings is 1. The lowest BCUT2D eigenvalue weighted by atomic mass is 10.1. The summed E-state index contributed by atoms with van der Waals surface area (Å²) in [5.74, 6) is 0.0584. The van der Waals surface area contributed by atoms with E-state index in [1.54, 1.807) is 0 Å². The van der Waals surface area contributed by atoms with E-state index in [-0.39, 0.29) is 18.0 Å². The Morgan fingerprint density at radius 3 is 3.00 bits per heavy atom. The van der Waals surface area contributed by atoms with Crippen molar-refractivity contribution < 1.29 is 4.79 Å². The third kappa shape index (κ3) is 2.76. The fraction of sp³-hybridized carbons (Fsp3) is 0.462. The van der Waals surface area contributed by atoms with E-state index in [1.807, 2.05) is 38.2 Å². The van der Waals surface area contributed by atoms with Gasteiger partial charge in [-0.3, -0.25) is 4.79 Å². The smallest absolute Gasteiger partial charge is 0.244 e. The van der Waals surface area contributed by atoms with Gasteiger partial charge in [0.2, 0.25) is 5.91 Å². The first-order chi connectivity index (χ1) is 8.61. The minimum Gasteiger partial charge on any atom is -0.356 e. The lowest BCUT2D eigenvalue weighted by Gasteiger charge is -2.39. The Bertz CT molecular complexity index is 438. The molecule has 4 nitrogen and oxygen atoms in total. The zero-order chi connectivity index (χ0) is 13.1. The maximum atomic E-state index is 12.0. The molecule has 1 aromatic carbocycles. The number of piperazine rings is 1. The predicted molar refractivity (Wildman–Crippen MR) is 74.1 cm³/mol. The molecule has 1 aliphatic rings. The van der Waals surface area contributed by atoms with Crippen LogP contribution in [0.1, 0.15) is 6.92 Å². The van der Waals surface area contributed by atoms with E-state index in [0.717, 1.165) is 12.2 Å². The summed E-state index contributed by atoms with van der Waals surface area (Å²) in [6, 6.07) is 7.58. The standard InChI is InChI=1S/C13H18ClN3O/c1-9-8-17(11-5-3-4-10(14)6-11)12(7-15-2)13(18)16-9/h3-6,9,12,15H,7-8H2,1-2H3,(H,16,18). The Labute approximate surface area is 112 Å². The summed E-state index contributed by atoms with van der Waals surface area (Å²) in [5, 5.41) is 6.73. The Morgan fingerprint density at radius 1 is 1.56 bits per heavy atom. The number of rotatable bonds is 3. The molecule has 98 valence electrons. The fourth-order valence-electron chi connectivity index (χ4n) is 2.28. The van der Waals surface area contributed by atoms with Crippen LogP contribution in [0, 0.1) is 0 Å². The largest absolute Gasteiger partial charge is 0.356 e. The zero-order valence-electron chi connectivity index (χ0n) is 10.6. The number of halogens is 1. The van der Waals surface area contributed by atoms with Crippen molar-refractivity contribution in [2.75, 3.05) is 25.0 Å². The molecule has 0 aliphatic carbocycles. The van der Waals surface area contributed by atoms with Gasteiger partial charge in [-0.15, -0.1) is 0 Å². The number of nitrogens with one attached hydrogen (secondary N) is 2. The molecule has 0 bridgehead atoms. The van der Waals surface area contributed by atoms with Crippen LogP contribution in [0.15, 0.2) is 24.3 Å². The number of hydrogen-bond donors (Lipinski definition) is 2. The monoisotopic (exact) mass is 267 g/mol. The maximum Gasteiger partial charge on any atom is 0.244 e. The average molecular weight is 268 g/mol. The molecule has 1 amide bonds. The first-order valence-corrected chi connectivity index (χ1v) is 6.47. The summed E-state index contributed by atoms with van der Waals surface area (Å²) in [6.45, 7) is 3.41. The summed E-state index contributed by atoms with van der Waals surface area (Å²) in [5.41, 5.74) is 0.990. The first kappa shape index (κ1) is 13.2. The van der Waals surface area contributed by atoms with Crippen LogP contribution in [0.2, 0.25) is 5.02 Å². The normalized spacial score (nSPS) is 23.9. The van der Waals surface area contributed by atoms with Gasteiger partial charge in [-0.1, -0.05) is 17.7 Å².